The molecule has 1 aromatic rings. The maximum absolute atomic E-state index is 12.6. The second kappa shape index (κ2) is 6.39. The molecule has 1 heterocycles. The van der Waals surface area contributed by atoms with E-state index in [-0.39, 0.29) is 12.6 Å². The van der Waals surface area contributed by atoms with E-state index in [0.717, 1.165) is 12.1 Å². The summed E-state index contributed by atoms with van der Waals surface area (Å²) in [6.45, 7) is 4.44. The molecule has 2 amide bonds. The van der Waals surface area contributed by atoms with Crippen molar-refractivity contribution in [2.24, 2.45) is 0 Å². The molecular formula is C16H21F3N2O2. The second-order valence-corrected chi connectivity index (χ2v) is 6.28. The van der Waals surface area contributed by atoms with Gasteiger partial charge >= 0.3 is 12.2 Å². The Kier molecular flexibility index (Phi) is 4.89. The summed E-state index contributed by atoms with van der Waals surface area (Å²) in [4.78, 5) is 13.7. The molecule has 23 heavy (non-hydrogen) atoms. The number of urea groups is 1. The average molecular weight is 330 g/mol. The van der Waals surface area contributed by atoms with Crippen molar-refractivity contribution in [3.8, 4) is 0 Å². The zero-order valence-corrected chi connectivity index (χ0v) is 13.2. The van der Waals surface area contributed by atoms with E-state index in [2.05, 4.69) is 5.32 Å². The van der Waals surface area contributed by atoms with Gasteiger partial charge in [-0.3, -0.25) is 0 Å². The lowest BCUT2D eigenvalue weighted by Gasteiger charge is -2.35. The monoisotopic (exact) mass is 330 g/mol. The van der Waals surface area contributed by atoms with Crippen molar-refractivity contribution in [1.29, 1.82) is 0 Å². The van der Waals surface area contributed by atoms with E-state index in [9.17, 15) is 23.1 Å². The van der Waals surface area contributed by atoms with Gasteiger partial charge in [0.25, 0.3) is 0 Å². The van der Waals surface area contributed by atoms with E-state index >= 15 is 0 Å². The largest absolute Gasteiger partial charge is 0.416 e. The number of likely N-dealkylation sites (tertiary alicyclic amines) is 1. The van der Waals surface area contributed by atoms with Crippen LogP contribution in [0.2, 0.25) is 0 Å². The highest BCUT2D eigenvalue weighted by molar-refractivity contribution is 5.74. The third kappa shape index (κ3) is 4.60. The van der Waals surface area contributed by atoms with Gasteiger partial charge in [0.05, 0.1) is 11.2 Å². The molecule has 0 spiro atoms. The highest BCUT2D eigenvalue weighted by Crippen LogP contribution is 2.30. The minimum absolute atomic E-state index is 0.176. The SMILES string of the molecule is Cc1cc(C(F)(F)F)ccc1CNC(=O)N1CCC(C)(O)CC1. The van der Waals surface area contributed by atoms with Crippen molar-refractivity contribution >= 4 is 6.03 Å². The third-order valence-corrected chi connectivity index (χ3v) is 4.23. The molecular weight excluding hydrogens is 309 g/mol. The second-order valence-electron chi connectivity index (χ2n) is 6.28. The third-order valence-electron chi connectivity index (χ3n) is 4.23. The summed E-state index contributed by atoms with van der Waals surface area (Å²) < 4.78 is 37.9. The number of aliphatic hydroxyl groups is 1. The molecule has 1 aliphatic heterocycles. The molecule has 1 aromatic carbocycles. The molecule has 0 bridgehead atoms. The normalized spacial score (nSPS) is 17.9. The van der Waals surface area contributed by atoms with Crippen LogP contribution in [0.25, 0.3) is 0 Å². The number of carbonyl (C=O) groups excluding carboxylic acids is 1. The Balaban J connectivity index is 1.92. The standard InChI is InChI=1S/C16H21F3N2O2/c1-11-9-13(16(17,18)19)4-3-12(11)10-20-14(22)21-7-5-15(2,23)6-8-21/h3-4,9,23H,5-8,10H2,1-2H3,(H,20,22). The van der Waals surface area contributed by atoms with Crippen molar-refractivity contribution < 1.29 is 23.1 Å². The van der Waals surface area contributed by atoms with Crippen LogP contribution in [0.4, 0.5) is 18.0 Å². The number of halogens is 3. The number of rotatable bonds is 2. The highest BCUT2D eigenvalue weighted by atomic mass is 19.4. The Hall–Kier alpha value is -1.76. The number of piperidine rings is 1. The van der Waals surface area contributed by atoms with E-state index in [4.69, 9.17) is 0 Å². The fourth-order valence-electron chi connectivity index (χ4n) is 2.54. The number of benzene rings is 1. The summed E-state index contributed by atoms with van der Waals surface area (Å²) in [6, 6.07) is 3.23. The number of alkyl halides is 3. The molecule has 2 N–H and O–H groups in total. The molecule has 0 saturated carbocycles. The van der Waals surface area contributed by atoms with Crippen LogP contribution in [-0.2, 0) is 12.7 Å². The fraction of sp³-hybridized carbons (Fsp3) is 0.562. The van der Waals surface area contributed by atoms with Crippen molar-refractivity contribution in [1.82, 2.24) is 10.2 Å². The van der Waals surface area contributed by atoms with Crippen LogP contribution in [0, 0.1) is 6.92 Å². The molecule has 0 aromatic heterocycles. The topological polar surface area (TPSA) is 52.6 Å². The van der Waals surface area contributed by atoms with Crippen molar-refractivity contribution in [2.75, 3.05) is 13.1 Å². The van der Waals surface area contributed by atoms with E-state index < -0.39 is 17.3 Å². The number of hydrogen-bond acceptors (Lipinski definition) is 2. The van der Waals surface area contributed by atoms with Gasteiger partial charge in [0, 0.05) is 19.6 Å². The van der Waals surface area contributed by atoms with Crippen molar-refractivity contribution in [3.05, 3.63) is 34.9 Å². The summed E-state index contributed by atoms with van der Waals surface area (Å²) in [6.07, 6.45) is -3.34. The predicted molar refractivity (Wildman–Crippen MR) is 79.8 cm³/mol. The molecule has 1 saturated heterocycles. The van der Waals surface area contributed by atoms with Crippen LogP contribution >= 0.6 is 0 Å². The van der Waals surface area contributed by atoms with Gasteiger partial charge in [-0.25, -0.2) is 4.79 Å². The van der Waals surface area contributed by atoms with E-state index in [0.29, 0.717) is 37.1 Å². The molecule has 128 valence electrons. The smallest absolute Gasteiger partial charge is 0.390 e. The van der Waals surface area contributed by atoms with E-state index in [1.807, 2.05) is 0 Å². The summed E-state index contributed by atoms with van der Waals surface area (Å²) in [5.74, 6) is 0. The van der Waals surface area contributed by atoms with Gasteiger partial charge in [0.1, 0.15) is 0 Å². The highest BCUT2D eigenvalue weighted by Gasteiger charge is 2.31. The van der Waals surface area contributed by atoms with E-state index in [1.165, 1.54) is 6.07 Å². The van der Waals surface area contributed by atoms with Gasteiger partial charge in [0.2, 0.25) is 0 Å². The molecule has 1 aliphatic rings. The number of aryl methyl sites for hydroxylation is 1. The molecule has 7 heteroatoms. The molecule has 0 unspecified atom stereocenters. The van der Waals surface area contributed by atoms with Crippen LogP contribution in [0.3, 0.4) is 0 Å². The van der Waals surface area contributed by atoms with Gasteiger partial charge in [-0.2, -0.15) is 13.2 Å². The Morgan fingerprint density at radius 1 is 1.35 bits per heavy atom. The van der Waals surface area contributed by atoms with Crippen molar-refractivity contribution in [2.45, 2.75) is 45.0 Å². The molecule has 2 rings (SSSR count). The molecule has 0 aliphatic carbocycles. The number of carbonyl (C=O) groups is 1. The van der Waals surface area contributed by atoms with Gasteiger partial charge < -0.3 is 15.3 Å². The molecule has 0 radical (unpaired) electrons. The number of hydrogen-bond donors (Lipinski definition) is 2. The number of nitrogens with one attached hydrogen (secondary N) is 1. The molecule has 0 atom stereocenters. The fourth-order valence-corrected chi connectivity index (χ4v) is 2.54. The Bertz CT molecular complexity index is 575. The lowest BCUT2D eigenvalue weighted by molar-refractivity contribution is -0.137. The van der Waals surface area contributed by atoms with Crippen LogP contribution in [0.15, 0.2) is 18.2 Å². The summed E-state index contributed by atoms with van der Waals surface area (Å²) in [5.41, 5.74) is -0.291. The average Bonchev–Trinajstić information content (AvgIpc) is 2.44. The zero-order valence-electron chi connectivity index (χ0n) is 13.2. The maximum atomic E-state index is 12.6. The summed E-state index contributed by atoms with van der Waals surface area (Å²) in [5, 5.41) is 12.6. The van der Waals surface area contributed by atoms with Crippen molar-refractivity contribution in [3.63, 3.8) is 0 Å². The summed E-state index contributed by atoms with van der Waals surface area (Å²) in [7, 11) is 0. The minimum atomic E-state index is -4.36. The van der Waals surface area contributed by atoms with Crippen LogP contribution in [0.1, 0.15) is 36.5 Å². The lowest BCUT2D eigenvalue weighted by Crippen LogP contribution is -2.48. The lowest BCUT2D eigenvalue weighted by atomic mass is 9.94. The quantitative estimate of drug-likeness (QED) is 0.876. The maximum Gasteiger partial charge on any atom is 0.416 e. The van der Waals surface area contributed by atoms with Crippen LogP contribution in [-0.4, -0.2) is 34.7 Å². The van der Waals surface area contributed by atoms with Crippen LogP contribution < -0.4 is 5.32 Å². The Morgan fingerprint density at radius 2 is 1.96 bits per heavy atom. The first-order chi connectivity index (χ1) is 10.6. The zero-order chi connectivity index (χ0) is 17.3. The first-order valence-electron chi connectivity index (χ1n) is 7.50. The number of amides is 2. The van der Waals surface area contributed by atoms with Gasteiger partial charge in [0.15, 0.2) is 0 Å². The van der Waals surface area contributed by atoms with Gasteiger partial charge in [-0.15, -0.1) is 0 Å². The Morgan fingerprint density at radius 3 is 2.48 bits per heavy atom. The van der Waals surface area contributed by atoms with Gasteiger partial charge in [-0.1, -0.05) is 6.07 Å². The first-order valence-corrected chi connectivity index (χ1v) is 7.50. The molecule has 1 fully saturated rings. The minimum Gasteiger partial charge on any atom is -0.390 e. The Labute approximate surface area is 133 Å². The first kappa shape index (κ1) is 17.6. The molecule has 4 nitrogen and oxygen atoms in total. The predicted octanol–water partition coefficient (Wildman–Crippen LogP) is 3.07. The van der Waals surface area contributed by atoms with Crippen LogP contribution in [0.5, 0.6) is 0 Å². The number of nitrogens with zero attached hydrogens (tertiary/aromatic N) is 1. The van der Waals surface area contributed by atoms with E-state index in [1.54, 1.807) is 18.7 Å². The summed E-state index contributed by atoms with van der Waals surface area (Å²) >= 11 is 0. The van der Waals surface area contributed by atoms with Gasteiger partial charge in [-0.05, 0) is 49.9 Å².